The highest BCUT2D eigenvalue weighted by molar-refractivity contribution is 9.10. The summed E-state index contributed by atoms with van der Waals surface area (Å²) < 4.78 is 11.8. The van der Waals surface area contributed by atoms with E-state index in [9.17, 15) is 0 Å². The van der Waals surface area contributed by atoms with Crippen LogP contribution in [0.5, 0.6) is 0 Å². The SMILES string of the molecule is Brc1ccc(C2(NCc3ccno3)CCOCC2)cc1. The van der Waals surface area contributed by atoms with Crippen molar-refractivity contribution in [3.63, 3.8) is 0 Å². The fourth-order valence-corrected chi connectivity index (χ4v) is 2.91. The zero-order valence-electron chi connectivity index (χ0n) is 11.1. The summed E-state index contributed by atoms with van der Waals surface area (Å²) in [6.45, 7) is 2.23. The van der Waals surface area contributed by atoms with E-state index in [1.165, 1.54) is 5.56 Å². The molecule has 1 aromatic heterocycles. The molecule has 0 unspecified atom stereocenters. The topological polar surface area (TPSA) is 47.3 Å². The Kier molecular flexibility index (Phi) is 4.19. The van der Waals surface area contributed by atoms with Crippen molar-refractivity contribution in [1.29, 1.82) is 0 Å². The number of rotatable bonds is 4. The van der Waals surface area contributed by atoms with Crippen LogP contribution in [-0.4, -0.2) is 18.4 Å². The molecule has 3 rings (SSSR count). The van der Waals surface area contributed by atoms with Crippen LogP contribution in [0.4, 0.5) is 0 Å². The highest BCUT2D eigenvalue weighted by Crippen LogP contribution is 2.33. The van der Waals surface area contributed by atoms with Crippen LogP contribution < -0.4 is 5.32 Å². The second-order valence-electron chi connectivity index (χ2n) is 5.03. The Bertz CT molecular complexity index is 534. The second-order valence-corrected chi connectivity index (χ2v) is 5.95. The molecule has 2 heterocycles. The Labute approximate surface area is 126 Å². The van der Waals surface area contributed by atoms with Crippen LogP contribution in [0.2, 0.25) is 0 Å². The fourth-order valence-electron chi connectivity index (χ4n) is 2.65. The number of hydrogen-bond acceptors (Lipinski definition) is 4. The quantitative estimate of drug-likeness (QED) is 0.931. The van der Waals surface area contributed by atoms with E-state index in [1.807, 2.05) is 6.07 Å². The van der Waals surface area contributed by atoms with Crippen molar-refractivity contribution in [2.75, 3.05) is 13.2 Å². The first-order chi connectivity index (χ1) is 9.78. The van der Waals surface area contributed by atoms with Crippen molar-refractivity contribution < 1.29 is 9.26 Å². The molecule has 0 radical (unpaired) electrons. The smallest absolute Gasteiger partial charge is 0.150 e. The van der Waals surface area contributed by atoms with E-state index in [1.54, 1.807) is 6.20 Å². The lowest BCUT2D eigenvalue weighted by atomic mass is 9.82. The van der Waals surface area contributed by atoms with Gasteiger partial charge in [0.25, 0.3) is 0 Å². The number of hydrogen-bond donors (Lipinski definition) is 1. The van der Waals surface area contributed by atoms with E-state index < -0.39 is 0 Å². The number of halogens is 1. The summed E-state index contributed by atoms with van der Waals surface area (Å²) in [6.07, 6.45) is 3.60. The van der Waals surface area contributed by atoms with E-state index >= 15 is 0 Å². The first-order valence-corrected chi connectivity index (χ1v) is 7.56. The van der Waals surface area contributed by atoms with E-state index in [2.05, 4.69) is 50.7 Å². The van der Waals surface area contributed by atoms with Crippen molar-refractivity contribution in [2.45, 2.75) is 24.9 Å². The monoisotopic (exact) mass is 336 g/mol. The van der Waals surface area contributed by atoms with Crippen LogP contribution in [0.25, 0.3) is 0 Å². The van der Waals surface area contributed by atoms with E-state index in [-0.39, 0.29) is 5.54 Å². The highest BCUT2D eigenvalue weighted by atomic mass is 79.9. The lowest BCUT2D eigenvalue weighted by Crippen LogP contribution is -2.46. The van der Waals surface area contributed by atoms with Gasteiger partial charge in [0.1, 0.15) is 5.76 Å². The molecule has 1 aliphatic heterocycles. The van der Waals surface area contributed by atoms with E-state index in [0.717, 1.165) is 36.3 Å². The molecule has 2 aromatic rings. The van der Waals surface area contributed by atoms with Crippen LogP contribution in [0.1, 0.15) is 24.2 Å². The Hall–Kier alpha value is -1.17. The summed E-state index contributed by atoms with van der Waals surface area (Å²) in [7, 11) is 0. The van der Waals surface area contributed by atoms with E-state index in [0.29, 0.717) is 6.54 Å². The summed E-state index contributed by atoms with van der Waals surface area (Å²) in [5.74, 6) is 0.855. The van der Waals surface area contributed by atoms with Crippen molar-refractivity contribution in [2.24, 2.45) is 0 Å². The third-order valence-electron chi connectivity index (χ3n) is 3.84. The molecule has 4 nitrogen and oxygen atoms in total. The van der Waals surface area contributed by atoms with Crippen molar-refractivity contribution in [1.82, 2.24) is 10.5 Å². The molecule has 1 N–H and O–H groups in total. The summed E-state index contributed by atoms with van der Waals surface area (Å²) in [5, 5.41) is 7.39. The van der Waals surface area contributed by atoms with Crippen LogP contribution in [-0.2, 0) is 16.8 Å². The Balaban J connectivity index is 1.82. The van der Waals surface area contributed by atoms with Gasteiger partial charge in [-0.2, -0.15) is 0 Å². The van der Waals surface area contributed by atoms with Gasteiger partial charge in [-0.25, -0.2) is 0 Å². The molecule has 0 bridgehead atoms. The van der Waals surface area contributed by atoms with Gasteiger partial charge in [0, 0.05) is 29.3 Å². The van der Waals surface area contributed by atoms with Crippen LogP contribution in [0.3, 0.4) is 0 Å². The molecule has 0 spiro atoms. The van der Waals surface area contributed by atoms with Crippen molar-refractivity contribution >= 4 is 15.9 Å². The minimum absolute atomic E-state index is 0.0499. The number of aromatic nitrogens is 1. The summed E-state index contributed by atoms with van der Waals surface area (Å²) >= 11 is 3.49. The van der Waals surface area contributed by atoms with Gasteiger partial charge in [-0.05, 0) is 30.5 Å². The van der Waals surface area contributed by atoms with E-state index in [4.69, 9.17) is 9.26 Å². The molecule has 1 saturated heterocycles. The van der Waals surface area contributed by atoms with Gasteiger partial charge < -0.3 is 14.6 Å². The number of nitrogens with zero attached hydrogens (tertiary/aromatic N) is 1. The first-order valence-electron chi connectivity index (χ1n) is 6.77. The molecule has 1 aromatic carbocycles. The lowest BCUT2D eigenvalue weighted by molar-refractivity contribution is 0.0348. The summed E-state index contributed by atoms with van der Waals surface area (Å²) in [6, 6.07) is 10.4. The molecule has 5 heteroatoms. The van der Waals surface area contributed by atoms with Gasteiger partial charge in [-0.3, -0.25) is 0 Å². The predicted octanol–water partition coefficient (Wildman–Crippen LogP) is 3.23. The van der Waals surface area contributed by atoms with Gasteiger partial charge >= 0.3 is 0 Å². The Morgan fingerprint density at radius 1 is 1.15 bits per heavy atom. The van der Waals surface area contributed by atoms with Crippen molar-refractivity contribution in [3.8, 4) is 0 Å². The molecule has 0 saturated carbocycles. The second kappa shape index (κ2) is 6.08. The molecule has 0 atom stereocenters. The molecule has 20 heavy (non-hydrogen) atoms. The number of nitrogens with one attached hydrogen (secondary N) is 1. The molecule has 1 fully saturated rings. The molecule has 0 aliphatic carbocycles. The van der Waals surface area contributed by atoms with Crippen LogP contribution in [0.15, 0.2) is 45.5 Å². The van der Waals surface area contributed by atoms with Crippen LogP contribution >= 0.6 is 15.9 Å². The zero-order valence-corrected chi connectivity index (χ0v) is 12.7. The molecule has 1 aliphatic rings. The number of ether oxygens (including phenoxy) is 1. The summed E-state index contributed by atoms with van der Waals surface area (Å²) in [5.41, 5.74) is 1.25. The standard InChI is InChI=1S/C15H17BrN2O2/c16-13-3-1-12(2-4-13)15(6-9-19-10-7-15)17-11-14-5-8-18-20-14/h1-5,8,17H,6-7,9-11H2. The van der Waals surface area contributed by atoms with Crippen LogP contribution in [0, 0.1) is 0 Å². The predicted molar refractivity (Wildman–Crippen MR) is 79.2 cm³/mol. The van der Waals surface area contributed by atoms with Crippen molar-refractivity contribution in [3.05, 3.63) is 52.3 Å². The van der Waals surface area contributed by atoms with Gasteiger partial charge in [0.2, 0.25) is 0 Å². The zero-order chi connectivity index (χ0) is 13.8. The molecule has 106 valence electrons. The first kappa shape index (κ1) is 13.8. The maximum Gasteiger partial charge on any atom is 0.150 e. The normalized spacial score (nSPS) is 18.1. The van der Waals surface area contributed by atoms with Gasteiger partial charge in [-0.15, -0.1) is 0 Å². The lowest BCUT2D eigenvalue weighted by Gasteiger charge is -2.38. The van der Waals surface area contributed by atoms with Gasteiger partial charge in [0.05, 0.1) is 12.7 Å². The van der Waals surface area contributed by atoms with Gasteiger partial charge in [0.15, 0.2) is 0 Å². The molecular weight excluding hydrogens is 320 g/mol. The maximum absolute atomic E-state index is 5.52. The molecular formula is C15H17BrN2O2. The maximum atomic E-state index is 5.52. The largest absolute Gasteiger partial charge is 0.381 e. The Morgan fingerprint density at radius 2 is 1.90 bits per heavy atom. The number of benzene rings is 1. The Morgan fingerprint density at radius 3 is 2.55 bits per heavy atom. The highest BCUT2D eigenvalue weighted by Gasteiger charge is 2.34. The fraction of sp³-hybridized carbons (Fsp3) is 0.400. The molecule has 0 amide bonds. The average molecular weight is 337 g/mol. The van der Waals surface area contributed by atoms with Gasteiger partial charge in [-0.1, -0.05) is 33.2 Å². The average Bonchev–Trinajstić information content (AvgIpc) is 3.00. The minimum Gasteiger partial charge on any atom is -0.381 e. The third-order valence-corrected chi connectivity index (χ3v) is 4.36. The minimum atomic E-state index is -0.0499. The summed E-state index contributed by atoms with van der Waals surface area (Å²) in [4.78, 5) is 0. The third kappa shape index (κ3) is 2.95.